The van der Waals surface area contributed by atoms with Crippen LogP contribution in [0.4, 0.5) is 0 Å². The van der Waals surface area contributed by atoms with Crippen LogP contribution >= 0.6 is 0 Å². The molecule has 1 nitrogen and oxygen atoms in total. The molecule has 2 aromatic rings. The molecule has 30 heavy (non-hydrogen) atoms. The molecular weight excluding hydrogens is 364 g/mol. The quantitative estimate of drug-likeness (QED) is 0.360. The van der Waals surface area contributed by atoms with Crippen LogP contribution in [0.2, 0.25) is 0 Å². The molecule has 1 heteroatoms. The second-order valence-electron chi connectivity index (χ2n) is 7.68. The lowest BCUT2D eigenvalue weighted by Crippen LogP contribution is -2.23. The van der Waals surface area contributed by atoms with E-state index >= 15 is 0 Å². The number of fused-ring (bicyclic) bond motifs is 2. The van der Waals surface area contributed by atoms with Crippen LogP contribution < -0.4 is 0 Å². The number of hydrogen-bond donors (Lipinski definition) is 0. The third-order valence-corrected chi connectivity index (χ3v) is 5.92. The molecule has 0 saturated carbocycles. The molecule has 0 saturated heterocycles. The van der Waals surface area contributed by atoms with E-state index in [4.69, 9.17) is 0 Å². The zero-order valence-electron chi connectivity index (χ0n) is 17.8. The number of rotatable bonds is 10. The standard InChI is InChI=1S/C29H30O/c1-6-12-20-17-11-18-25-26(20)19-27-23(15-9-4)21(13-7-2)22(14-8-3)24(16-10-5)28(27)29(25)30/h6-11,17-18H,1-5,12-16,19H2. The number of allylic oxidation sites excluding steroid dienone is 5. The smallest absolute Gasteiger partial charge is 0.193 e. The summed E-state index contributed by atoms with van der Waals surface area (Å²) in [5.41, 5.74) is 9.90. The zero-order valence-corrected chi connectivity index (χ0v) is 17.8. The minimum absolute atomic E-state index is 0.120. The highest BCUT2D eigenvalue weighted by atomic mass is 16.1. The summed E-state index contributed by atoms with van der Waals surface area (Å²) in [7, 11) is 0. The average molecular weight is 395 g/mol. The largest absolute Gasteiger partial charge is 0.289 e. The van der Waals surface area contributed by atoms with Gasteiger partial charge in [0.25, 0.3) is 0 Å². The molecule has 1 aliphatic carbocycles. The lowest BCUT2D eigenvalue weighted by Gasteiger charge is -2.30. The maximum atomic E-state index is 13.8. The van der Waals surface area contributed by atoms with Crippen LogP contribution in [0.1, 0.15) is 54.9 Å². The Morgan fingerprint density at radius 2 is 1.20 bits per heavy atom. The molecule has 152 valence electrons. The molecule has 0 aliphatic heterocycles. The monoisotopic (exact) mass is 394 g/mol. The highest BCUT2D eigenvalue weighted by molar-refractivity contribution is 6.14. The van der Waals surface area contributed by atoms with Crippen LogP contribution in [0.3, 0.4) is 0 Å². The third-order valence-electron chi connectivity index (χ3n) is 5.92. The molecule has 0 radical (unpaired) electrons. The maximum absolute atomic E-state index is 13.8. The number of benzene rings is 2. The summed E-state index contributed by atoms with van der Waals surface area (Å²) in [6, 6.07) is 6.05. The molecule has 0 fully saturated rings. The fourth-order valence-corrected chi connectivity index (χ4v) is 4.76. The Bertz CT molecular complexity index is 1050. The van der Waals surface area contributed by atoms with Crippen molar-refractivity contribution in [1.29, 1.82) is 0 Å². The van der Waals surface area contributed by atoms with E-state index in [9.17, 15) is 4.79 Å². The van der Waals surface area contributed by atoms with Crippen molar-refractivity contribution in [2.75, 3.05) is 0 Å². The number of ketones is 1. The molecule has 0 N–H and O–H groups in total. The Kier molecular flexibility index (Phi) is 6.84. The topological polar surface area (TPSA) is 17.1 Å². The summed E-state index contributed by atoms with van der Waals surface area (Å²) in [5.74, 6) is 0.120. The molecule has 0 spiro atoms. The molecule has 0 unspecified atom stereocenters. The minimum atomic E-state index is 0.120. The van der Waals surface area contributed by atoms with E-state index < -0.39 is 0 Å². The van der Waals surface area contributed by atoms with Crippen LogP contribution in [-0.4, -0.2) is 5.78 Å². The van der Waals surface area contributed by atoms with E-state index in [1.54, 1.807) is 0 Å². The number of hydrogen-bond acceptors (Lipinski definition) is 1. The molecule has 0 amide bonds. The normalized spacial score (nSPS) is 11.9. The fraction of sp³-hybridized carbons (Fsp3) is 0.207. The Labute approximate surface area is 180 Å². The predicted octanol–water partition coefficient (Wildman–Crippen LogP) is 6.46. The van der Waals surface area contributed by atoms with Gasteiger partial charge in [0.15, 0.2) is 5.78 Å². The summed E-state index contributed by atoms with van der Waals surface area (Å²) in [6.07, 6.45) is 14.0. The van der Waals surface area contributed by atoms with E-state index in [1.807, 2.05) is 42.5 Å². The van der Waals surface area contributed by atoms with Crippen molar-refractivity contribution in [2.24, 2.45) is 0 Å². The second-order valence-corrected chi connectivity index (χ2v) is 7.68. The summed E-state index contributed by atoms with van der Waals surface area (Å²) in [4.78, 5) is 13.8. The summed E-state index contributed by atoms with van der Waals surface area (Å²) in [6.45, 7) is 19.8. The first-order chi connectivity index (χ1) is 14.6. The molecule has 0 aromatic heterocycles. The van der Waals surface area contributed by atoms with Crippen molar-refractivity contribution >= 4 is 5.78 Å². The number of carbonyl (C=O) groups is 1. The average Bonchev–Trinajstić information content (AvgIpc) is 2.74. The Morgan fingerprint density at radius 1 is 0.667 bits per heavy atom. The lowest BCUT2D eigenvalue weighted by molar-refractivity contribution is 0.103. The van der Waals surface area contributed by atoms with Crippen molar-refractivity contribution < 1.29 is 4.79 Å². The van der Waals surface area contributed by atoms with Gasteiger partial charge in [-0.1, -0.05) is 48.6 Å². The van der Waals surface area contributed by atoms with Crippen molar-refractivity contribution in [3.8, 4) is 0 Å². The van der Waals surface area contributed by atoms with Gasteiger partial charge in [0.1, 0.15) is 0 Å². The SMILES string of the molecule is C=CCc1cccc2c1Cc1c(CC=C)c(CC=C)c(CC=C)c(CC=C)c1C2=O. The summed E-state index contributed by atoms with van der Waals surface area (Å²) < 4.78 is 0. The van der Waals surface area contributed by atoms with Gasteiger partial charge in [-0.25, -0.2) is 0 Å². The zero-order chi connectivity index (χ0) is 21.7. The highest BCUT2D eigenvalue weighted by Crippen LogP contribution is 2.39. The van der Waals surface area contributed by atoms with Crippen molar-refractivity contribution in [1.82, 2.24) is 0 Å². The van der Waals surface area contributed by atoms with Gasteiger partial charge in [-0.05, 0) is 77.5 Å². The van der Waals surface area contributed by atoms with E-state index in [1.165, 1.54) is 22.3 Å². The fourth-order valence-electron chi connectivity index (χ4n) is 4.76. The molecule has 1 aliphatic rings. The minimum Gasteiger partial charge on any atom is -0.289 e. The molecule has 3 rings (SSSR count). The molecule has 0 heterocycles. The van der Waals surface area contributed by atoms with Crippen molar-refractivity contribution in [3.05, 3.63) is 132 Å². The van der Waals surface area contributed by atoms with Gasteiger partial charge in [0, 0.05) is 11.1 Å². The van der Waals surface area contributed by atoms with Gasteiger partial charge >= 0.3 is 0 Å². The number of carbonyl (C=O) groups excluding carboxylic acids is 1. The second kappa shape index (κ2) is 9.54. The van der Waals surface area contributed by atoms with E-state index in [0.717, 1.165) is 59.9 Å². The first-order valence-corrected chi connectivity index (χ1v) is 10.5. The van der Waals surface area contributed by atoms with E-state index in [-0.39, 0.29) is 5.78 Å². The van der Waals surface area contributed by atoms with Crippen LogP contribution in [0.5, 0.6) is 0 Å². The highest BCUT2D eigenvalue weighted by Gasteiger charge is 2.31. The first kappa shape index (κ1) is 21.5. The third kappa shape index (κ3) is 3.68. The van der Waals surface area contributed by atoms with E-state index in [0.29, 0.717) is 6.42 Å². The van der Waals surface area contributed by atoms with Gasteiger partial charge in [0.05, 0.1) is 0 Å². The molecule has 0 atom stereocenters. The first-order valence-electron chi connectivity index (χ1n) is 10.5. The van der Waals surface area contributed by atoms with Gasteiger partial charge in [-0.3, -0.25) is 4.79 Å². The molecule has 0 bridgehead atoms. The Morgan fingerprint density at radius 3 is 1.80 bits per heavy atom. The Hall–Kier alpha value is -3.19. The summed E-state index contributed by atoms with van der Waals surface area (Å²) in [5, 5.41) is 0. The van der Waals surface area contributed by atoms with Gasteiger partial charge in [0.2, 0.25) is 0 Å². The van der Waals surface area contributed by atoms with Crippen molar-refractivity contribution in [2.45, 2.75) is 38.5 Å². The van der Waals surface area contributed by atoms with Crippen LogP contribution in [-0.2, 0) is 38.5 Å². The molecular formula is C29H30O. The Balaban J connectivity index is 2.41. The van der Waals surface area contributed by atoms with Crippen LogP contribution in [0.25, 0.3) is 0 Å². The maximum Gasteiger partial charge on any atom is 0.193 e. The predicted molar refractivity (Wildman–Crippen MR) is 129 cm³/mol. The van der Waals surface area contributed by atoms with Gasteiger partial charge in [-0.2, -0.15) is 0 Å². The molecule has 2 aromatic carbocycles. The van der Waals surface area contributed by atoms with Crippen LogP contribution in [0.15, 0.2) is 81.5 Å². The van der Waals surface area contributed by atoms with Gasteiger partial charge in [-0.15, -0.1) is 32.9 Å². The van der Waals surface area contributed by atoms with Gasteiger partial charge < -0.3 is 0 Å². The lowest BCUT2D eigenvalue weighted by atomic mass is 9.73. The van der Waals surface area contributed by atoms with Crippen molar-refractivity contribution in [3.63, 3.8) is 0 Å². The summed E-state index contributed by atoms with van der Waals surface area (Å²) >= 11 is 0. The van der Waals surface area contributed by atoms with E-state index in [2.05, 4.69) is 39.0 Å². The van der Waals surface area contributed by atoms with Crippen LogP contribution in [0, 0.1) is 0 Å².